The Balaban J connectivity index is 2.26. The standard InChI is InChI=1S/C19H25NSi/c1-18(2,3)19(4,5)21-20-16-12-8-6-10-14(16)15-11-7-9-13-17(15)20/h6-13H,21H2,1-5H3. The normalized spacial score (nSPS) is 13.8. The van der Waals surface area contributed by atoms with Crippen LogP contribution in [0.3, 0.4) is 0 Å². The van der Waals surface area contributed by atoms with E-state index in [0.717, 1.165) is 0 Å². The predicted octanol–water partition coefficient (Wildman–Crippen LogP) is 4.97. The molecule has 0 aliphatic rings. The lowest BCUT2D eigenvalue weighted by molar-refractivity contribution is 0.297. The lowest BCUT2D eigenvalue weighted by atomic mass is 9.82. The Morgan fingerprint density at radius 1 is 0.714 bits per heavy atom. The van der Waals surface area contributed by atoms with E-state index in [9.17, 15) is 0 Å². The van der Waals surface area contributed by atoms with Crippen LogP contribution in [0.25, 0.3) is 21.8 Å². The molecular weight excluding hydrogens is 270 g/mol. The van der Waals surface area contributed by atoms with E-state index in [1.165, 1.54) is 21.8 Å². The monoisotopic (exact) mass is 295 g/mol. The maximum Gasteiger partial charge on any atom is 0.136 e. The molecule has 0 amide bonds. The van der Waals surface area contributed by atoms with Gasteiger partial charge in [0.05, 0.1) is 0 Å². The molecule has 3 aromatic rings. The number of hydrogen-bond acceptors (Lipinski definition) is 0. The second kappa shape index (κ2) is 4.74. The molecule has 0 spiro atoms. The van der Waals surface area contributed by atoms with Crippen LogP contribution in [-0.2, 0) is 0 Å². The van der Waals surface area contributed by atoms with E-state index in [-0.39, 0.29) is 0 Å². The summed E-state index contributed by atoms with van der Waals surface area (Å²) in [7, 11) is -0.473. The largest absolute Gasteiger partial charge is 0.373 e. The fraction of sp³-hybridized carbons (Fsp3) is 0.368. The van der Waals surface area contributed by atoms with Gasteiger partial charge in [-0.25, -0.2) is 0 Å². The number of para-hydroxylation sites is 2. The third-order valence-corrected chi connectivity index (χ3v) is 8.11. The van der Waals surface area contributed by atoms with Crippen molar-refractivity contribution in [2.45, 2.75) is 39.7 Å². The van der Waals surface area contributed by atoms with Crippen molar-refractivity contribution in [2.75, 3.05) is 0 Å². The molecule has 0 unspecified atom stereocenters. The van der Waals surface area contributed by atoms with Crippen LogP contribution in [-0.4, -0.2) is 13.9 Å². The number of benzene rings is 2. The van der Waals surface area contributed by atoms with E-state index < -0.39 is 9.68 Å². The van der Waals surface area contributed by atoms with E-state index in [1.807, 2.05) is 0 Å². The summed E-state index contributed by atoms with van der Waals surface area (Å²) in [5, 5.41) is 3.15. The van der Waals surface area contributed by atoms with Crippen LogP contribution in [0.5, 0.6) is 0 Å². The van der Waals surface area contributed by atoms with Crippen LogP contribution >= 0.6 is 0 Å². The minimum Gasteiger partial charge on any atom is -0.373 e. The molecule has 0 saturated carbocycles. The summed E-state index contributed by atoms with van der Waals surface area (Å²) in [6.07, 6.45) is 0. The maximum atomic E-state index is 2.63. The van der Waals surface area contributed by atoms with Gasteiger partial charge in [0.1, 0.15) is 9.68 Å². The van der Waals surface area contributed by atoms with Crippen molar-refractivity contribution in [3.63, 3.8) is 0 Å². The van der Waals surface area contributed by atoms with Gasteiger partial charge in [0.2, 0.25) is 0 Å². The maximum absolute atomic E-state index is 2.63. The van der Waals surface area contributed by atoms with E-state index in [0.29, 0.717) is 10.5 Å². The summed E-state index contributed by atoms with van der Waals surface area (Å²) in [5.41, 5.74) is 3.14. The summed E-state index contributed by atoms with van der Waals surface area (Å²) < 4.78 is 2.63. The minimum absolute atomic E-state index is 0.325. The van der Waals surface area contributed by atoms with Crippen LogP contribution in [0, 0.1) is 5.41 Å². The van der Waals surface area contributed by atoms with Gasteiger partial charge in [-0.3, -0.25) is 0 Å². The first kappa shape index (κ1) is 14.4. The Kier molecular flexibility index (Phi) is 3.25. The van der Waals surface area contributed by atoms with Crippen molar-refractivity contribution in [1.29, 1.82) is 0 Å². The van der Waals surface area contributed by atoms with E-state index in [2.05, 4.69) is 87.4 Å². The smallest absolute Gasteiger partial charge is 0.136 e. The highest BCUT2D eigenvalue weighted by Gasteiger charge is 2.34. The molecule has 2 heteroatoms. The topological polar surface area (TPSA) is 4.93 Å². The van der Waals surface area contributed by atoms with Gasteiger partial charge < -0.3 is 4.23 Å². The molecular formula is C19H25NSi. The second-order valence-electron chi connectivity index (χ2n) is 7.75. The Labute approximate surface area is 129 Å². The number of fused-ring (bicyclic) bond motifs is 3. The molecule has 0 aliphatic carbocycles. The number of aromatic nitrogens is 1. The van der Waals surface area contributed by atoms with Crippen molar-refractivity contribution >= 4 is 31.5 Å². The van der Waals surface area contributed by atoms with Crippen molar-refractivity contribution in [1.82, 2.24) is 4.23 Å². The number of nitrogens with zero attached hydrogens (tertiary/aromatic N) is 1. The van der Waals surface area contributed by atoms with Crippen LogP contribution in [0.2, 0.25) is 5.04 Å². The minimum atomic E-state index is -0.473. The van der Waals surface area contributed by atoms with E-state index in [4.69, 9.17) is 0 Å². The lowest BCUT2D eigenvalue weighted by Crippen LogP contribution is -2.32. The molecule has 110 valence electrons. The third-order valence-electron chi connectivity index (χ3n) is 5.26. The summed E-state index contributed by atoms with van der Waals surface area (Å²) in [5.74, 6) is 0. The zero-order valence-corrected chi connectivity index (χ0v) is 15.2. The number of hydrogen-bond donors (Lipinski definition) is 0. The summed E-state index contributed by atoms with van der Waals surface area (Å²) in [6, 6.07) is 17.7. The first-order chi connectivity index (χ1) is 9.81. The van der Waals surface area contributed by atoms with Crippen molar-refractivity contribution in [2.24, 2.45) is 5.41 Å². The van der Waals surface area contributed by atoms with Crippen LogP contribution in [0.4, 0.5) is 0 Å². The van der Waals surface area contributed by atoms with Gasteiger partial charge in [0, 0.05) is 21.8 Å². The van der Waals surface area contributed by atoms with Gasteiger partial charge in [0.15, 0.2) is 0 Å². The van der Waals surface area contributed by atoms with E-state index >= 15 is 0 Å². The van der Waals surface area contributed by atoms with Crippen molar-refractivity contribution in [3.8, 4) is 0 Å². The molecule has 0 N–H and O–H groups in total. The first-order valence-electron chi connectivity index (χ1n) is 7.77. The summed E-state index contributed by atoms with van der Waals surface area (Å²) >= 11 is 0. The Hall–Kier alpha value is -1.54. The fourth-order valence-corrected chi connectivity index (χ4v) is 4.96. The number of rotatable bonds is 2. The SMILES string of the molecule is CC(C)(C)C(C)(C)[SiH2]n1c2ccccc2c2ccccc21. The zero-order valence-electron chi connectivity index (χ0n) is 13.8. The Morgan fingerprint density at radius 2 is 1.14 bits per heavy atom. The molecule has 1 nitrogen and oxygen atoms in total. The highest BCUT2D eigenvalue weighted by molar-refractivity contribution is 6.43. The zero-order chi connectivity index (χ0) is 15.3. The lowest BCUT2D eigenvalue weighted by Gasteiger charge is -2.39. The molecule has 0 radical (unpaired) electrons. The average molecular weight is 296 g/mol. The fourth-order valence-electron chi connectivity index (χ4n) is 2.81. The van der Waals surface area contributed by atoms with Crippen LogP contribution < -0.4 is 0 Å². The van der Waals surface area contributed by atoms with Crippen LogP contribution in [0.15, 0.2) is 48.5 Å². The van der Waals surface area contributed by atoms with Crippen LogP contribution in [0.1, 0.15) is 34.6 Å². The first-order valence-corrected chi connectivity index (χ1v) is 9.11. The summed E-state index contributed by atoms with van der Waals surface area (Å²) in [6.45, 7) is 12.0. The predicted molar refractivity (Wildman–Crippen MR) is 96.9 cm³/mol. The molecule has 2 aromatic carbocycles. The molecule has 21 heavy (non-hydrogen) atoms. The van der Waals surface area contributed by atoms with Gasteiger partial charge >= 0.3 is 0 Å². The highest BCUT2D eigenvalue weighted by atomic mass is 28.2. The molecule has 0 fully saturated rings. The molecule has 3 rings (SSSR count). The molecule has 0 bridgehead atoms. The Morgan fingerprint density at radius 3 is 1.57 bits per heavy atom. The molecule has 0 aliphatic heterocycles. The van der Waals surface area contributed by atoms with Crippen molar-refractivity contribution < 1.29 is 0 Å². The van der Waals surface area contributed by atoms with Gasteiger partial charge in [-0.05, 0) is 22.6 Å². The van der Waals surface area contributed by atoms with E-state index in [1.54, 1.807) is 0 Å². The van der Waals surface area contributed by atoms with Gasteiger partial charge in [0.25, 0.3) is 0 Å². The van der Waals surface area contributed by atoms with Gasteiger partial charge in [-0.2, -0.15) is 0 Å². The molecule has 0 atom stereocenters. The van der Waals surface area contributed by atoms with Crippen molar-refractivity contribution in [3.05, 3.63) is 48.5 Å². The Bertz CT molecular complexity index is 737. The second-order valence-corrected chi connectivity index (χ2v) is 10.5. The quantitative estimate of drug-likeness (QED) is 0.588. The average Bonchev–Trinajstić information content (AvgIpc) is 2.73. The molecule has 1 aromatic heterocycles. The third kappa shape index (κ3) is 2.32. The van der Waals surface area contributed by atoms with Gasteiger partial charge in [-0.15, -0.1) is 0 Å². The highest BCUT2D eigenvalue weighted by Crippen LogP contribution is 2.45. The van der Waals surface area contributed by atoms with Gasteiger partial charge in [-0.1, -0.05) is 71.0 Å². The summed E-state index contributed by atoms with van der Waals surface area (Å²) in [4.78, 5) is 0. The molecule has 1 heterocycles. The molecule has 0 saturated heterocycles.